The summed E-state index contributed by atoms with van der Waals surface area (Å²) in [4.78, 5) is 22.2. The Kier molecular flexibility index (Phi) is 5.44. The molecule has 1 aliphatic rings. The first-order chi connectivity index (χ1) is 8.40. The molecule has 4 unspecified atom stereocenters. The Bertz CT molecular complexity index is 307. The van der Waals surface area contributed by atoms with Crippen LogP contribution in [0.25, 0.3) is 0 Å². The van der Waals surface area contributed by atoms with Gasteiger partial charge in [0.05, 0.1) is 0 Å². The van der Waals surface area contributed by atoms with Crippen molar-refractivity contribution in [3.05, 3.63) is 0 Å². The Morgan fingerprint density at radius 2 is 2.00 bits per heavy atom. The maximum Gasteiger partial charge on any atom is 0.315 e. The summed E-state index contributed by atoms with van der Waals surface area (Å²) in [7, 11) is 0. The van der Waals surface area contributed by atoms with Crippen molar-refractivity contribution in [3.63, 3.8) is 0 Å². The summed E-state index contributed by atoms with van der Waals surface area (Å²) >= 11 is 0. The van der Waals surface area contributed by atoms with Crippen LogP contribution in [0.5, 0.6) is 0 Å². The smallest absolute Gasteiger partial charge is 0.315 e. The van der Waals surface area contributed by atoms with Crippen molar-refractivity contribution < 1.29 is 14.7 Å². The molecule has 0 bridgehead atoms. The second kappa shape index (κ2) is 6.61. The van der Waals surface area contributed by atoms with Crippen LogP contribution in [-0.4, -0.2) is 29.7 Å². The van der Waals surface area contributed by atoms with Crippen molar-refractivity contribution in [1.29, 1.82) is 0 Å². The lowest BCUT2D eigenvalue weighted by Gasteiger charge is -2.20. The summed E-state index contributed by atoms with van der Waals surface area (Å²) in [5.74, 6) is 0.282. The molecule has 0 aromatic rings. The molecule has 1 aliphatic carbocycles. The van der Waals surface area contributed by atoms with Crippen LogP contribution in [0.3, 0.4) is 0 Å². The Hall–Kier alpha value is -1.26. The summed E-state index contributed by atoms with van der Waals surface area (Å²) in [6.07, 6.45) is 2.26. The minimum atomic E-state index is -0.831. The highest BCUT2D eigenvalue weighted by atomic mass is 16.4. The zero-order valence-corrected chi connectivity index (χ0v) is 11.4. The molecule has 1 saturated carbocycles. The van der Waals surface area contributed by atoms with Crippen LogP contribution < -0.4 is 10.6 Å². The van der Waals surface area contributed by atoms with Gasteiger partial charge in [0.2, 0.25) is 0 Å². The van der Waals surface area contributed by atoms with Gasteiger partial charge in [-0.1, -0.05) is 20.8 Å². The van der Waals surface area contributed by atoms with Crippen LogP contribution in [0.1, 0.15) is 40.0 Å². The van der Waals surface area contributed by atoms with Crippen molar-refractivity contribution in [1.82, 2.24) is 10.6 Å². The van der Waals surface area contributed by atoms with E-state index in [0.717, 1.165) is 12.8 Å². The minimum absolute atomic E-state index is 0.0480. The number of carboxylic acids is 1. The van der Waals surface area contributed by atoms with Gasteiger partial charge in [0.25, 0.3) is 0 Å². The van der Waals surface area contributed by atoms with Crippen LogP contribution >= 0.6 is 0 Å². The quantitative estimate of drug-likeness (QED) is 0.702. The van der Waals surface area contributed by atoms with E-state index in [1.807, 2.05) is 6.92 Å². The zero-order chi connectivity index (χ0) is 13.7. The highest BCUT2D eigenvalue weighted by Crippen LogP contribution is 2.30. The van der Waals surface area contributed by atoms with E-state index in [4.69, 9.17) is 5.11 Å². The van der Waals surface area contributed by atoms with Crippen molar-refractivity contribution in [3.8, 4) is 0 Å². The SMILES string of the molecule is CC(CNC(=O)NC1CCC(C)C1C)CC(=O)O. The third kappa shape index (κ3) is 4.55. The number of nitrogens with one attached hydrogen (secondary N) is 2. The second-order valence-electron chi connectivity index (χ2n) is 5.58. The number of carbonyl (C=O) groups excluding carboxylic acids is 1. The normalized spacial score (nSPS) is 28.7. The molecule has 0 heterocycles. The van der Waals surface area contributed by atoms with Crippen LogP contribution in [0.4, 0.5) is 4.79 Å². The van der Waals surface area contributed by atoms with E-state index >= 15 is 0 Å². The molecule has 18 heavy (non-hydrogen) atoms. The lowest BCUT2D eigenvalue weighted by Crippen LogP contribution is -2.44. The molecule has 2 amide bonds. The first kappa shape index (κ1) is 14.8. The van der Waals surface area contributed by atoms with Crippen LogP contribution in [0.2, 0.25) is 0 Å². The molecule has 1 rings (SSSR count). The molecule has 0 aliphatic heterocycles. The van der Waals surface area contributed by atoms with Gasteiger partial charge in [-0.05, 0) is 30.6 Å². The molecule has 3 N–H and O–H groups in total. The predicted octanol–water partition coefficient (Wildman–Crippen LogP) is 1.83. The van der Waals surface area contributed by atoms with E-state index in [1.165, 1.54) is 0 Å². The maximum atomic E-state index is 11.7. The van der Waals surface area contributed by atoms with E-state index in [0.29, 0.717) is 18.4 Å². The lowest BCUT2D eigenvalue weighted by molar-refractivity contribution is -0.137. The van der Waals surface area contributed by atoms with E-state index in [1.54, 1.807) is 0 Å². The molecular formula is C13H24N2O3. The van der Waals surface area contributed by atoms with Crippen molar-refractivity contribution in [2.24, 2.45) is 17.8 Å². The minimum Gasteiger partial charge on any atom is -0.481 e. The standard InChI is InChI=1S/C13H24N2O3/c1-8(6-12(16)17)7-14-13(18)15-11-5-4-9(2)10(11)3/h8-11H,4-7H2,1-3H3,(H,16,17)(H2,14,15,18). The molecular weight excluding hydrogens is 232 g/mol. The number of carbonyl (C=O) groups is 2. The van der Waals surface area contributed by atoms with Crippen LogP contribution in [-0.2, 0) is 4.79 Å². The Morgan fingerprint density at radius 3 is 2.50 bits per heavy atom. The van der Waals surface area contributed by atoms with Gasteiger partial charge in [-0.15, -0.1) is 0 Å². The maximum absolute atomic E-state index is 11.7. The lowest BCUT2D eigenvalue weighted by atomic mass is 9.98. The van der Waals surface area contributed by atoms with Gasteiger partial charge in [-0.25, -0.2) is 4.79 Å². The number of hydrogen-bond acceptors (Lipinski definition) is 2. The molecule has 4 atom stereocenters. The van der Waals surface area contributed by atoms with Crippen molar-refractivity contribution in [2.75, 3.05) is 6.54 Å². The molecule has 5 nitrogen and oxygen atoms in total. The third-order valence-electron chi connectivity index (χ3n) is 3.92. The van der Waals surface area contributed by atoms with Gasteiger partial charge in [0.15, 0.2) is 0 Å². The monoisotopic (exact) mass is 256 g/mol. The fraction of sp³-hybridized carbons (Fsp3) is 0.846. The third-order valence-corrected chi connectivity index (χ3v) is 3.92. The van der Waals surface area contributed by atoms with Gasteiger partial charge < -0.3 is 15.7 Å². The summed E-state index contributed by atoms with van der Waals surface area (Å²) in [6, 6.07) is 0.0629. The fourth-order valence-electron chi connectivity index (χ4n) is 2.43. The molecule has 104 valence electrons. The van der Waals surface area contributed by atoms with Gasteiger partial charge in [0, 0.05) is 19.0 Å². The molecule has 0 saturated heterocycles. The van der Waals surface area contributed by atoms with E-state index in [9.17, 15) is 9.59 Å². The number of carboxylic acid groups (broad SMARTS) is 1. The van der Waals surface area contributed by atoms with Crippen molar-refractivity contribution in [2.45, 2.75) is 46.1 Å². The first-order valence-corrected chi connectivity index (χ1v) is 6.66. The van der Waals surface area contributed by atoms with E-state index < -0.39 is 5.97 Å². The largest absolute Gasteiger partial charge is 0.481 e. The molecule has 0 aromatic heterocycles. The molecule has 5 heteroatoms. The second-order valence-corrected chi connectivity index (χ2v) is 5.58. The Labute approximate surface area is 108 Å². The average Bonchev–Trinajstić information content (AvgIpc) is 2.57. The summed E-state index contributed by atoms with van der Waals surface area (Å²) in [5.41, 5.74) is 0. The Balaban J connectivity index is 2.23. The Morgan fingerprint density at radius 1 is 1.33 bits per heavy atom. The van der Waals surface area contributed by atoms with E-state index in [2.05, 4.69) is 24.5 Å². The van der Waals surface area contributed by atoms with E-state index in [-0.39, 0.29) is 24.4 Å². The molecule has 0 spiro atoms. The number of amides is 2. The summed E-state index contributed by atoms with van der Waals surface area (Å²) in [6.45, 7) is 6.58. The van der Waals surface area contributed by atoms with Gasteiger partial charge in [-0.3, -0.25) is 4.79 Å². The number of hydrogen-bond donors (Lipinski definition) is 3. The predicted molar refractivity (Wildman–Crippen MR) is 69.3 cm³/mol. The summed E-state index contributed by atoms with van der Waals surface area (Å²) < 4.78 is 0. The topological polar surface area (TPSA) is 78.4 Å². The van der Waals surface area contributed by atoms with Crippen LogP contribution in [0, 0.1) is 17.8 Å². The highest BCUT2D eigenvalue weighted by molar-refractivity contribution is 5.74. The summed E-state index contributed by atoms with van der Waals surface area (Å²) in [5, 5.41) is 14.3. The number of urea groups is 1. The molecule has 1 fully saturated rings. The fourth-order valence-corrected chi connectivity index (χ4v) is 2.43. The average molecular weight is 256 g/mol. The van der Waals surface area contributed by atoms with Crippen molar-refractivity contribution >= 4 is 12.0 Å². The van der Waals surface area contributed by atoms with Gasteiger partial charge in [0.1, 0.15) is 0 Å². The highest BCUT2D eigenvalue weighted by Gasteiger charge is 2.30. The van der Waals surface area contributed by atoms with Gasteiger partial charge >= 0.3 is 12.0 Å². The number of aliphatic carboxylic acids is 1. The molecule has 0 radical (unpaired) electrons. The first-order valence-electron chi connectivity index (χ1n) is 6.66. The zero-order valence-electron chi connectivity index (χ0n) is 11.4. The van der Waals surface area contributed by atoms with Gasteiger partial charge in [-0.2, -0.15) is 0 Å². The molecule has 0 aromatic carbocycles. The van der Waals surface area contributed by atoms with Crippen LogP contribution in [0.15, 0.2) is 0 Å². The number of rotatable bonds is 5.